The van der Waals surface area contributed by atoms with Crippen LogP contribution >= 0.6 is 0 Å². The number of aromatic nitrogens is 1. The second-order valence-electron chi connectivity index (χ2n) is 4.43. The highest BCUT2D eigenvalue weighted by atomic mass is 16.5. The second kappa shape index (κ2) is 5.23. The molecule has 1 heterocycles. The van der Waals surface area contributed by atoms with Crippen molar-refractivity contribution in [3.05, 3.63) is 36.0 Å². The van der Waals surface area contributed by atoms with Gasteiger partial charge in [-0.15, -0.1) is 0 Å². The SMILES string of the molecule is COC(=O)CCC(N)c1cn(C)c2ccccc12. The van der Waals surface area contributed by atoms with E-state index in [1.54, 1.807) is 0 Å². The molecular formula is C14H18N2O2. The van der Waals surface area contributed by atoms with Crippen LogP contribution in [0.3, 0.4) is 0 Å². The molecule has 1 unspecified atom stereocenters. The van der Waals surface area contributed by atoms with Crippen LogP contribution in [0.4, 0.5) is 0 Å². The molecule has 0 radical (unpaired) electrons. The van der Waals surface area contributed by atoms with Crippen LogP contribution in [0, 0.1) is 0 Å². The monoisotopic (exact) mass is 246 g/mol. The molecule has 0 bridgehead atoms. The van der Waals surface area contributed by atoms with Crippen molar-refractivity contribution in [2.24, 2.45) is 12.8 Å². The number of methoxy groups -OCH3 is 1. The van der Waals surface area contributed by atoms with Crippen LogP contribution in [-0.2, 0) is 16.6 Å². The molecule has 2 rings (SSSR count). The summed E-state index contributed by atoms with van der Waals surface area (Å²) in [5.74, 6) is -0.217. The average Bonchev–Trinajstić information content (AvgIpc) is 2.74. The van der Waals surface area contributed by atoms with Crippen LogP contribution in [-0.4, -0.2) is 17.6 Å². The number of hydrogen-bond donors (Lipinski definition) is 1. The van der Waals surface area contributed by atoms with E-state index in [-0.39, 0.29) is 12.0 Å². The Morgan fingerprint density at radius 2 is 2.17 bits per heavy atom. The Morgan fingerprint density at radius 3 is 2.89 bits per heavy atom. The van der Waals surface area contributed by atoms with Crippen LogP contribution in [0.1, 0.15) is 24.4 Å². The molecule has 1 aromatic heterocycles. The summed E-state index contributed by atoms with van der Waals surface area (Å²) in [6.45, 7) is 0. The number of carbonyl (C=O) groups excluding carboxylic acids is 1. The molecule has 4 nitrogen and oxygen atoms in total. The summed E-state index contributed by atoms with van der Waals surface area (Å²) in [6, 6.07) is 7.98. The van der Waals surface area contributed by atoms with Crippen molar-refractivity contribution in [3.63, 3.8) is 0 Å². The van der Waals surface area contributed by atoms with Crippen LogP contribution in [0.25, 0.3) is 10.9 Å². The normalized spacial score (nSPS) is 12.6. The summed E-state index contributed by atoms with van der Waals surface area (Å²) < 4.78 is 6.69. The van der Waals surface area contributed by atoms with Crippen molar-refractivity contribution < 1.29 is 9.53 Å². The van der Waals surface area contributed by atoms with Crippen molar-refractivity contribution >= 4 is 16.9 Å². The van der Waals surface area contributed by atoms with E-state index in [0.717, 1.165) is 16.5 Å². The zero-order valence-corrected chi connectivity index (χ0v) is 10.7. The van der Waals surface area contributed by atoms with Crippen molar-refractivity contribution in [2.75, 3.05) is 7.11 Å². The number of aryl methyl sites for hydroxylation is 1. The molecule has 0 fully saturated rings. The first-order valence-electron chi connectivity index (χ1n) is 6.00. The second-order valence-corrected chi connectivity index (χ2v) is 4.43. The molecule has 18 heavy (non-hydrogen) atoms. The van der Waals surface area contributed by atoms with Crippen molar-refractivity contribution in [1.82, 2.24) is 4.57 Å². The number of esters is 1. The number of benzene rings is 1. The van der Waals surface area contributed by atoms with Crippen molar-refractivity contribution in [2.45, 2.75) is 18.9 Å². The van der Waals surface area contributed by atoms with E-state index in [1.165, 1.54) is 7.11 Å². The lowest BCUT2D eigenvalue weighted by Gasteiger charge is -2.09. The molecule has 0 aliphatic carbocycles. The van der Waals surface area contributed by atoms with Crippen molar-refractivity contribution in [3.8, 4) is 0 Å². The molecule has 0 aliphatic rings. The quantitative estimate of drug-likeness (QED) is 0.841. The zero-order chi connectivity index (χ0) is 13.1. The highest BCUT2D eigenvalue weighted by Crippen LogP contribution is 2.26. The molecule has 96 valence electrons. The number of fused-ring (bicyclic) bond motifs is 1. The summed E-state index contributed by atoms with van der Waals surface area (Å²) in [5, 5.41) is 1.15. The fourth-order valence-electron chi connectivity index (χ4n) is 2.20. The first-order valence-corrected chi connectivity index (χ1v) is 6.00. The Balaban J connectivity index is 2.22. The van der Waals surface area contributed by atoms with Gasteiger partial charge in [0.2, 0.25) is 0 Å². The van der Waals surface area contributed by atoms with Gasteiger partial charge in [0.05, 0.1) is 7.11 Å². The first-order chi connectivity index (χ1) is 8.63. The van der Waals surface area contributed by atoms with Gasteiger partial charge in [0.15, 0.2) is 0 Å². The minimum absolute atomic E-state index is 0.143. The standard InChI is InChI=1S/C14H18N2O2/c1-16-9-11(10-5-3-4-6-13(10)16)12(15)7-8-14(17)18-2/h3-6,9,12H,7-8,15H2,1-2H3. The van der Waals surface area contributed by atoms with Gasteiger partial charge in [0.25, 0.3) is 0 Å². The Hall–Kier alpha value is -1.81. The van der Waals surface area contributed by atoms with E-state index in [0.29, 0.717) is 12.8 Å². The number of hydrogen-bond acceptors (Lipinski definition) is 3. The topological polar surface area (TPSA) is 57.2 Å². The maximum Gasteiger partial charge on any atom is 0.305 e. The Morgan fingerprint density at radius 1 is 1.44 bits per heavy atom. The van der Waals surface area contributed by atoms with Crippen LogP contribution in [0.15, 0.2) is 30.5 Å². The highest BCUT2D eigenvalue weighted by Gasteiger charge is 2.14. The number of rotatable bonds is 4. The fraction of sp³-hybridized carbons (Fsp3) is 0.357. The van der Waals surface area contributed by atoms with E-state index in [4.69, 9.17) is 5.73 Å². The summed E-state index contributed by atoms with van der Waals surface area (Å²) in [4.78, 5) is 11.1. The van der Waals surface area contributed by atoms with Gasteiger partial charge in [-0.05, 0) is 18.1 Å². The van der Waals surface area contributed by atoms with Crippen molar-refractivity contribution in [1.29, 1.82) is 0 Å². The molecule has 0 saturated heterocycles. The predicted molar refractivity (Wildman–Crippen MR) is 71.1 cm³/mol. The molecule has 0 aliphatic heterocycles. The predicted octanol–water partition coefficient (Wildman–Crippen LogP) is 2.13. The highest BCUT2D eigenvalue weighted by molar-refractivity contribution is 5.84. The largest absolute Gasteiger partial charge is 0.469 e. The van der Waals surface area contributed by atoms with Gasteiger partial charge >= 0.3 is 5.97 Å². The van der Waals surface area contributed by atoms with E-state index in [9.17, 15) is 4.79 Å². The third-order valence-corrected chi connectivity index (χ3v) is 3.21. The molecule has 0 saturated carbocycles. The van der Waals surface area contributed by atoms with E-state index < -0.39 is 0 Å². The van der Waals surface area contributed by atoms with Gasteiger partial charge in [0.1, 0.15) is 0 Å². The van der Waals surface area contributed by atoms with Gasteiger partial charge in [-0.3, -0.25) is 4.79 Å². The van der Waals surface area contributed by atoms with Gasteiger partial charge < -0.3 is 15.0 Å². The molecule has 2 aromatic rings. The van der Waals surface area contributed by atoms with Gasteiger partial charge in [0, 0.05) is 36.6 Å². The van der Waals surface area contributed by atoms with E-state index in [2.05, 4.69) is 21.4 Å². The molecule has 2 N–H and O–H groups in total. The molecule has 0 spiro atoms. The molecule has 0 amide bonds. The van der Waals surface area contributed by atoms with Gasteiger partial charge in [-0.2, -0.15) is 0 Å². The van der Waals surface area contributed by atoms with Crippen LogP contribution in [0.5, 0.6) is 0 Å². The van der Waals surface area contributed by atoms with Gasteiger partial charge in [-0.25, -0.2) is 0 Å². The first kappa shape index (κ1) is 12.6. The maximum atomic E-state index is 11.1. The zero-order valence-electron chi connectivity index (χ0n) is 10.7. The number of para-hydroxylation sites is 1. The van der Waals surface area contributed by atoms with Gasteiger partial charge in [-0.1, -0.05) is 18.2 Å². The minimum atomic E-state index is -0.217. The molecular weight excluding hydrogens is 228 g/mol. The number of nitrogens with two attached hydrogens (primary N) is 1. The summed E-state index contributed by atoms with van der Waals surface area (Å²) in [6.07, 6.45) is 2.98. The van der Waals surface area contributed by atoms with Crippen LogP contribution in [0.2, 0.25) is 0 Å². The Kier molecular flexibility index (Phi) is 3.67. The lowest BCUT2D eigenvalue weighted by Crippen LogP contribution is -2.12. The summed E-state index contributed by atoms with van der Waals surface area (Å²) in [5.41, 5.74) is 8.39. The molecule has 1 aromatic carbocycles. The summed E-state index contributed by atoms with van der Waals surface area (Å²) in [7, 11) is 3.39. The number of ether oxygens (including phenoxy) is 1. The number of carbonyl (C=O) groups is 1. The lowest BCUT2D eigenvalue weighted by atomic mass is 10.0. The average molecular weight is 246 g/mol. The number of nitrogens with zero attached hydrogens (tertiary/aromatic N) is 1. The minimum Gasteiger partial charge on any atom is -0.469 e. The molecule has 4 heteroatoms. The van der Waals surface area contributed by atoms with E-state index >= 15 is 0 Å². The maximum absolute atomic E-state index is 11.1. The summed E-state index contributed by atoms with van der Waals surface area (Å²) >= 11 is 0. The van der Waals surface area contributed by atoms with Crippen LogP contribution < -0.4 is 5.73 Å². The Labute approximate surface area is 106 Å². The Bertz CT molecular complexity index is 560. The molecule has 1 atom stereocenters. The van der Waals surface area contributed by atoms with E-state index in [1.807, 2.05) is 25.4 Å². The third-order valence-electron chi connectivity index (χ3n) is 3.21. The third kappa shape index (κ3) is 2.38. The fourth-order valence-corrected chi connectivity index (χ4v) is 2.20. The lowest BCUT2D eigenvalue weighted by molar-refractivity contribution is -0.140. The smallest absolute Gasteiger partial charge is 0.305 e.